The Bertz CT molecular complexity index is 1230. The van der Waals surface area contributed by atoms with Gasteiger partial charge in [-0.05, 0) is 31.0 Å². The summed E-state index contributed by atoms with van der Waals surface area (Å²) >= 11 is 0. The van der Waals surface area contributed by atoms with Crippen molar-refractivity contribution in [3.63, 3.8) is 0 Å². The van der Waals surface area contributed by atoms with Crippen molar-refractivity contribution >= 4 is 42.0 Å². The minimum atomic E-state index is -5.28. The summed E-state index contributed by atoms with van der Waals surface area (Å²) in [7, 11) is -10.5. The third kappa shape index (κ3) is 5.58. The Morgan fingerprint density at radius 3 is 1.93 bits per heavy atom. The van der Waals surface area contributed by atoms with Crippen LogP contribution in [0.5, 0.6) is 0 Å². The van der Waals surface area contributed by atoms with Crippen LogP contribution in [0.2, 0.25) is 0 Å². The smallest absolute Gasteiger partial charge is 0.744 e. The number of fused-ring (bicyclic) bond motifs is 3. The summed E-state index contributed by atoms with van der Waals surface area (Å²) in [4.78, 5) is 6.73. The van der Waals surface area contributed by atoms with Crippen LogP contribution < -0.4 is 59.1 Å². The van der Waals surface area contributed by atoms with Gasteiger partial charge in [-0.1, -0.05) is 12.1 Å². The Morgan fingerprint density at radius 1 is 0.852 bits per heavy atom. The summed E-state index contributed by atoms with van der Waals surface area (Å²) in [6, 6.07) is 4.93. The van der Waals surface area contributed by atoms with E-state index >= 15 is 0 Å². The molecule has 0 unspecified atom stereocenters. The number of hydrogen-bond acceptors (Lipinski definition) is 8. The zero-order valence-corrected chi connectivity index (χ0v) is 22.9. The second-order valence-electron chi connectivity index (χ2n) is 5.27. The molecule has 2 aromatic heterocycles. The van der Waals surface area contributed by atoms with Crippen molar-refractivity contribution in [3.8, 4) is 0 Å². The van der Waals surface area contributed by atoms with Crippen molar-refractivity contribution in [2.45, 2.75) is 23.8 Å². The molecule has 130 valence electrons. The topological polar surface area (TPSA) is 140 Å². The van der Waals surface area contributed by atoms with E-state index < -0.39 is 30.2 Å². The molecule has 0 aliphatic rings. The Morgan fingerprint density at radius 2 is 1.41 bits per heavy atom. The molecule has 3 rings (SSSR count). The van der Waals surface area contributed by atoms with E-state index in [1.165, 1.54) is 19.2 Å². The van der Waals surface area contributed by atoms with Gasteiger partial charge in [0.05, 0.1) is 15.9 Å². The van der Waals surface area contributed by atoms with Crippen LogP contribution in [0.15, 0.2) is 34.3 Å². The summed E-state index contributed by atoms with van der Waals surface area (Å²) in [6.45, 7) is 3.07. The van der Waals surface area contributed by atoms with Crippen LogP contribution in [0, 0.1) is 63.2 Å². The standard InChI is InChI=1S/C14H12N2O6S2.Eu.2Na/c1-7-5-6-15-11-9(7)3-4-10-8(2)13(23(17,18)19)14(16-12(10)11)24(20,21)22;;;/h3-6H,1-2H3,(H,17,18,19)(H,20,21,22);;;/q;+3;2*+1/p-2. The fourth-order valence-corrected chi connectivity index (χ4v) is 4.60. The molecule has 3 aromatic rings. The molecule has 0 N–H and O–H groups in total. The summed E-state index contributed by atoms with van der Waals surface area (Å²) in [6.07, 6.45) is 1.48. The van der Waals surface area contributed by atoms with E-state index in [9.17, 15) is 25.9 Å². The van der Waals surface area contributed by atoms with Crippen LogP contribution >= 0.6 is 0 Å². The van der Waals surface area contributed by atoms with Crippen molar-refractivity contribution in [1.29, 1.82) is 0 Å². The maximum atomic E-state index is 11.5. The number of pyridine rings is 2. The van der Waals surface area contributed by atoms with Gasteiger partial charge in [-0.25, -0.2) is 21.8 Å². The molecule has 0 bridgehead atoms. The minimum Gasteiger partial charge on any atom is -0.744 e. The maximum absolute atomic E-state index is 11.5. The van der Waals surface area contributed by atoms with Gasteiger partial charge in [0.1, 0.15) is 20.2 Å². The van der Waals surface area contributed by atoms with Crippen molar-refractivity contribution in [2.75, 3.05) is 0 Å². The normalized spacial score (nSPS) is 11.4. The number of aromatic nitrogens is 2. The molecule has 8 nitrogen and oxygen atoms in total. The number of benzene rings is 1. The largest absolute Gasteiger partial charge is 3.00 e. The van der Waals surface area contributed by atoms with Crippen molar-refractivity contribution in [2.24, 2.45) is 0 Å². The monoisotopic (exact) mass is 565 g/mol. The number of rotatable bonds is 2. The second-order valence-corrected chi connectivity index (χ2v) is 7.88. The van der Waals surface area contributed by atoms with Gasteiger partial charge in [-0.2, -0.15) is 0 Å². The molecule has 13 heteroatoms. The molecule has 0 aliphatic carbocycles. The van der Waals surface area contributed by atoms with Crippen molar-refractivity contribution in [1.82, 2.24) is 9.97 Å². The predicted octanol–water partition coefficient (Wildman–Crippen LogP) is -4.78. The van der Waals surface area contributed by atoms with Crippen molar-refractivity contribution < 1.29 is 134 Å². The summed E-state index contributed by atoms with van der Waals surface area (Å²) in [5, 5.41) is -0.385. The van der Waals surface area contributed by atoms with Gasteiger partial charge in [-0.15, -0.1) is 0 Å². The molecule has 0 spiro atoms. The summed E-state index contributed by atoms with van der Waals surface area (Å²) in [5.41, 5.74) is 1.06. The SMILES string of the molecule is Cc1ccnc2c1ccc1c(C)c(S(=O)(=O)[O-])c(S(=O)(=O)[O-])nc12.[Eu+3].[Na+].[Na+]. The molecular weight excluding hydrogens is 554 g/mol. The molecule has 2 heterocycles. The fourth-order valence-electron chi connectivity index (χ4n) is 2.66. The fraction of sp³-hybridized carbons (Fsp3) is 0.143. The van der Waals surface area contributed by atoms with Crippen LogP contribution in [-0.2, 0) is 20.2 Å². The average Bonchev–Trinajstić information content (AvgIpc) is 2.45. The van der Waals surface area contributed by atoms with Gasteiger partial charge in [0.25, 0.3) is 0 Å². The summed E-state index contributed by atoms with van der Waals surface area (Å²) in [5.74, 6) is 0. The molecule has 0 aliphatic heterocycles. The van der Waals surface area contributed by atoms with Crippen LogP contribution in [0.4, 0.5) is 0 Å². The third-order valence-corrected chi connectivity index (χ3v) is 5.64. The molecule has 0 radical (unpaired) electrons. The average molecular weight is 564 g/mol. The van der Waals surface area contributed by atoms with E-state index in [-0.39, 0.29) is 125 Å². The number of aryl methyl sites for hydroxylation is 2. The number of nitrogens with zero attached hydrogens (tertiary/aromatic N) is 2. The zero-order valence-electron chi connectivity index (χ0n) is 14.8. The molecule has 0 amide bonds. The summed E-state index contributed by atoms with van der Waals surface area (Å²) < 4.78 is 68.8. The van der Waals surface area contributed by atoms with Gasteiger partial charge < -0.3 is 9.11 Å². The first-order chi connectivity index (χ1) is 11.0. The van der Waals surface area contributed by atoms with E-state index in [4.69, 9.17) is 0 Å². The van der Waals surface area contributed by atoms with Crippen LogP contribution in [0.25, 0.3) is 21.8 Å². The molecule has 0 saturated carbocycles. The first kappa shape index (κ1) is 28.4. The number of hydrogen-bond donors (Lipinski definition) is 0. The van der Waals surface area contributed by atoms with Crippen molar-refractivity contribution in [3.05, 3.63) is 35.5 Å². The third-order valence-electron chi connectivity index (χ3n) is 3.74. The Balaban J connectivity index is 0.00000225. The van der Waals surface area contributed by atoms with E-state index in [2.05, 4.69) is 9.97 Å². The quantitative estimate of drug-likeness (QED) is 0.172. The molecule has 27 heavy (non-hydrogen) atoms. The first-order valence-corrected chi connectivity index (χ1v) is 9.44. The van der Waals surface area contributed by atoms with Gasteiger partial charge in [0, 0.05) is 17.0 Å². The maximum Gasteiger partial charge on any atom is 3.00 e. The zero-order chi connectivity index (χ0) is 17.9. The Kier molecular flexibility index (Phi) is 10.7. The Labute approximate surface area is 241 Å². The molecule has 0 atom stereocenters. The van der Waals surface area contributed by atoms with E-state index in [1.54, 1.807) is 12.1 Å². The van der Waals surface area contributed by atoms with Crippen LogP contribution in [-0.4, -0.2) is 35.9 Å². The molecule has 0 saturated heterocycles. The van der Waals surface area contributed by atoms with Gasteiger partial charge >= 0.3 is 108 Å². The van der Waals surface area contributed by atoms with Gasteiger partial charge in [0.15, 0.2) is 5.03 Å². The Hall–Kier alpha value is 1.44. The van der Waals surface area contributed by atoms with E-state index in [0.29, 0.717) is 10.9 Å². The molecule has 1 aromatic carbocycles. The molecule has 0 fully saturated rings. The van der Waals surface area contributed by atoms with E-state index in [1.807, 2.05) is 6.92 Å². The molecular formula is C14H10EuN2Na2O6S2+3. The second kappa shape index (κ2) is 10.2. The van der Waals surface area contributed by atoms with Gasteiger partial charge in [-0.3, -0.25) is 4.98 Å². The van der Waals surface area contributed by atoms with Gasteiger partial charge in [0.2, 0.25) is 0 Å². The predicted molar refractivity (Wildman–Crippen MR) is 82.4 cm³/mol. The minimum absolute atomic E-state index is 0. The van der Waals surface area contributed by atoms with Crippen LogP contribution in [0.3, 0.4) is 0 Å². The van der Waals surface area contributed by atoms with Crippen LogP contribution in [0.1, 0.15) is 11.1 Å². The van der Waals surface area contributed by atoms with E-state index in [0.717, 1.165) is 5.56 Å². The first-order valence-electron chi connectivity index (χ1n) is 6.62.